The molecule has 0 N–H and O–H groups in total. The van der Waals surface area contributed by atoms with Gasteiger partial charge in [-0.1, -0.05) is 117 Å². The van der Waals surface area contributed by atoms with Crippen LogP contribution in [0.4, 0.5) is 0 Å². The largest absolute Gasteiger partial charge is 0.0809 e. The molecule has 28 heavy (non-hydrogen) atoms. The third kappa shape index (κ3) is 4.59. The molecule has 0 heterocycles. The summed E-state index contributed by atoms with van der Waals surface area (Å²) >= 11 is 0. The van der Waals surface area contributed by atoms with Crippen molar-refractivity contribution in [3.63, 3.8) is 0 Å². The van der Waals surface area contributed by atoms with Crippen LogP contribution in [0.3, 0.4) is 0 Å². The van der Waals surface area contributed by atoms with Gasteiger partial charge in [0.25, 0.3) is 0 Å². The summed E-state index contributed by atoms with van der Waals surface area (Å²) in [7, 11) is 0. The van der Waals surface area contributed by atoms with E-state index in [1.165, 1.54) is 88.2 Å². The molecule has 0 amide bonds. The van der Waals surface area contributed by atoms with Crippen molar-refractivity contribution in [1.82, 2.24) is 0 Å². The molecule has 2 aromatic rings. The Bertz CT molecular complexity index is 687. The Balaban J connectivity index is 1.55. The summed E-state index contributed by atoms with van der Waals surface area (Å²) in [6.07, 6.45) is 19.5. The minimum Gasteiger partial charge on any atom is -0.0809 e. The van der Waals surface area contributed by atoms with E-state index in [1.807, 2.05) is 0 Å². The first-order valence-electron chi connectivity index (χ1n) is 11.7. The molecule has 0 saturated heterocycles. The summed E-state index contributed by atoms with van der Waals surface area (Å²) in [5.74, 6) is 0.667. The van der Waals surface area contributed by atoms with Crippen molar-refractivity contribution >= 4 is 0 Å². The number of benzene rings is 2. The lowest BCUT2D eigenvalue weighted by Crippen LogP contribution is -2.11. The highest BCUT2D eigenvalue weighted by molar-refractivity contribution is 5.49. The summed E-state index contributed by atoms with van der Waals surface area (Å²) in [5.41, 5.74) is 4.95. The highest BCUT2D eigenvalue weighted by Gasteiger charge is 2.55. The molecule has 0 nitrogen and oxygen atoms in total. The average molecular weight is 373 g/mol. The maximum absolute atomic E-state index is 2.70. The molecular formula is C28H36. The molecule has 0 radical (unpaired) electrons. The van der Waals surface area contributed by atoms with Gasteiger partial charge in [-0.25, -0.2) is 0 Å². The summed E-state index contributed by atoms with van der Waals surface area (Å²) in [4.78, 5) is 0. The fraction of sp³-hybridized carbons (Fsp3) is 0.500. The summed E-state index contributed by atoms with van der Waals surface area (Å²) in [5, 5.41) is 0. The van der Waals surface area contributed by atoms with Crippen LogP contribution >= 0.6 is 0 Å². The lowest BCUT2D eigenvalue weighted by Gasteiger charge is -2.19. The second-order valence-electron chi connectivity index (χ2n) is 9.02. The molecule has 0 bridgehead atoms. The Hall–Kier alpha value is -1.82. The first kappa shape index (κ1) is 19.5. The van der Waals surface area contributed by atoms with Crippen LogP contribution in [0.5, 0.6) is 0 Å². The molecule has 1 unspecified atom stereocenters. The van der Waals surface area contributed by atoms with Gasteiger partial charge in [-0.15, -0.1) is 0 Å². The van der Waals surface area contributed by atoms with Crippen molar-refractivity contribution < 1.29 is 0 Å². The van der Waals surface area contributed by atoms with E-state index in [-0.39, 0.29) is 5.41 Å². The van der Waals surface area contributed by atoms with Crippen LogP contribution in [0.25, 0.3) is 0 Å². The second kappa shape index (κ2) is 9.59. The molecule has 0 aromatic heterocycles. The van der Waals surface area contributed by atoms with E-state index < -0.39 is 0 Å². The maximum atomic E-state index is 2.70. The monoisotopic (exact) mass is 372 g/mol. The van der Waals surface area contributed by atoms with E-state index in [4.69, 9.17) is 0 Å². The van der Waals surface area contributed by atoms with E-state index in [1.54, 1.807) is 5.57 Å². The van der Waals surface area contributed by atoms with Gasteiger partial charge in [0.2, 0.25) is 0 Å². The van der Waals surface area contributed by atoms with Crippen LogP contribution in [0.2, 0.25) is 0 Å². The van der Waals surface area contributed by atoms with E-state index >= 15 is 0 Å². The van der Waals surface area contributed by atoms with Gasteiger partial charge < -0.3 is 0 Å². The molecule has 4 rings (SSSR count). The first-order chi connectivity index (χ1) is 13.9. The van der Waals surface area contributed by atoms with Gasteiger partial charge in [0.05, 0.1) is 0 Å². The molecular weight excluding hydrogens is 336 g/mol. The number of hydrogen-bond donors (Lipinski definition) is 0. The molecule has 2 aliphatic rings. The Kier molecular flexibility index (Phi) is 6.68. The molecule has 0 heteroatoms. The van der Waals surface area contributed by atoms with Crippen LogP contribution < -0.4 is 0 Å². The second-order valence-corrected chi connectivity index (χ2v) is 9.02. The third-order valence-electron chi connectivity index (χ3n) is 7.03. The summed E-state index contributed by atoms with van der Waals surface area (Å²) in [6, 6.07) is 22.5. The van der Waals surface area contributed by atoms with Gasteiger partial charge in [-0.05, 0) is 49.1 Å². The Labute approximate surface area is 172 Å². The van der Waals surface area contributed by atoms with Gasteiger partial charge in [0.1, 0.15) is 0 Å². The minimum atomic E-state index is 0.208. The fourth-order valence-electron chi connectivity index (χ4n) is 5.31. The topological polar surface area (TPSA) is 0 Å². The zero-order valence-corrected chi connectivity index (χ0v) is 17.4. The van der Waals surface area contributed by atoms with Crippen LogP contribution in [-0.2, 0) is 5.41 Å². The van der Waals surface area contributed by atoms with Crippen molar-refractivity contribution in [2.75, 3.05) is 0 Å². The van der Waals surface area contributed by atoms with Gasteiger partial charge >= 0.3 is 0 Å². The van der Waals surface area contributed by atoms with Gasteiger partial charge in [-0.3, -0.25) is 0 Å². The highest BCUT2D eigenvalue weighted by atomic mass is 14.6. The standard InChI is InChI=1S/C28H36/c1-2-4-6-10-16-24(17-11-7-5-3-1)22-27-23-28(27,25-18-12-8-13-19-25)26-20-14-9-15-21-26/h8-9,12-15,18-22,27H,1-7,10-11,16-17,23H2. The third-order valence-corrected chi connectivity index (χ3v) is 7.03. The normalized spacial score (nSPS) is 23.3. The summed E-state index contributed by atoms with van der Waals surface area (Å²) in [6.45, 7) is 0. The maximum Gasteiger partial charge on any atom is 0.0272 e. The van der Waals surface area contributed by atoms with Crippen molar-refractivity contribution in [3.8, 4) is 0 Å². The van der Waals surface area contributed by atoms with E-state index in [0.717, 1.165) is 0 Å². The molecule has 2 fully saturated rings. The number of hydrogen-bond acceptors (Lipinski definition) is 0. The zero-order chi connectivity index (χ0) is 19.1. The van der Waals surface area contributed by atoms with Gasteiger partial charge in [0, 0.05) is 5.41 Å². The lowest BCUT2D eigenvalue weighted by molar-refractivity contribution is 0.539. The molecule has 0 aliphatic heterocycles. The number of rotatable bonds is 3. The van der Waals surface area contributed by atoms with Crippen molar-refractivity contribution in [3.05, 3.63) is 83.4 Å². The Morgan fingerprint density at radius 1 is 0.571 bits per heavy atom. The van der Waals surface area contributed by atoms with Crippen molar-refractivity contribution in [2.24, 2.45) is 5.92 Å². The predicted octanol–water partition coefficient (Wildman–Crippen LogP) is 8.22. The lowest BCUT2D eigenvalue weighted by atomic mass is 9.85. The fourth-order valence-corrected chi connectivity index (χ4v) is 5.31. The van der Waals surface area contributed by atoms with Crippen LogP contribution in [0, 0.1) is 5.92 Å². The van der Waals surface area contributed by atoms with E-state index in [2.05, 4.69) is 66.7 Å². The number of allylic oxidation sites excluding steroid dienone is 2. The molecule has 0 spiro atoms. The highest BCUT2D eigenvalue weighted by Crippen LogP contribution is 2.60. The molecule has 2 aliphatic carbocycles. The molecule has 2 aromatic carbocycles. The van der Waals surface area contributed by atoms with E-state index in [9.17, 15) is 0 Å². The smallest absolute Gasteiger partial charge is 0.0272 e. The van der Waals surface area contributed by atoms with Crippen molar-refractivity contribution in [2.45, 2.75) is 82.5 Å². The average Bonchev–Trinajstić information content (AvgIpc) is 3.46. The van der Waals surface area contributed by atoms with Gasteiger partial charge in [0.15, 0.2) is 0 Å². The summed E-state index contributed by atoms with van der Waals surface area (Å²) < 4.78 is 0. The Morgan fingerprint density at radius 2 is 1.00 bits per heavy atom. The first-order valence-corrected chi connectivity index (χ1v) is 11.7. The molecule has 148 valence electrons. The quantitative estimate of drug-likeness (QED) is 0.476. The molecule has 1 atom stereocenters. The van der Waals surface area contributed by atoms with Crippen LogP contribution in [0.1, 0.15) is 88.2 Å². The zero-order valence-electron chi connectivity index (χ0n) is 17.4. The molecule has 2 saturated carbocycles. The van der Waals surface area contributed by atoms with Crippen LogP contribution in [0.15, 0.2) is 72.3 Å². The Morgan fingerprint density at radius 3 is 1.46 bits per heavy atom. The van der Waals surface area contributed by atoms with Crippen LogP contribution in [-0.4, -0.2) is 0 Å². The van der Waals surface area contributed by atoms with Gasteiger partial charge in [-0.2, -0.15) is 0 Å². The van der Waals surface area contributed by atoms with E-state index in [0.29, 0.717) is 5.92 Å². The predicted molar refractivity (Wildman–Crippen MR) is 121 cm³/mol. The minimum absolute atomic E-state index is 0.208. The van der Waals surface area contributed by atoms with Crippen molar-refractivity contribution in [1.29, 1.82) is 0 Å². The SMILES string of the molecule is C(=C1CCCCCCCCCCC1)C1CC1(c1ccccc1)c1ccccc1.